The molecule has 0 radical (unpaired) electrons. The third-order valence-corrected chi connectivity index (χ3v) is 4.41. The van der Waals surface area contributed by atoms with E-state index in [2.05, 4.69) is 5.32 Å². The van der Waals surface area contributed by atoms with Gasteiger partial charge in [0.05, 0.1) is 6.61 Å². The summed E-state index contributed by atoms with van der Waals surface area (Å²) >= 11 is 0. The number of benzene rings is 1. The predicted octanol–water partition coefficient (Wildman–Crippen LogP) is 2.03. The lowest BCUT2D eigenvalue weighted by Crippen LogP contribution is -2.45. The van der Waals surface area contributed by atoms with Crippen molar-refractivity contribution < 1.29 is 9.90 Å². The fourth-order valence-corrected chi connectivity index (χ4v) is 3.03. The van der Waals surface area contributed by atoms with Crippen molar-refractivity contribution in [3.05, 3.63) is 29.3 Å². The van der Waals surface area contributed by atoms with E-state index >= 15 is 0 Å². The fourth-order valence-electron chi connectivity index (χ4n) is 3.03. The minimum Gasteiger partial charge on any atom is -0.395 e. The largest absolute Gasteiger partial charge is 0.395 e. The van der Waals surface area contributed by atoms with Gasteiger partial charge in [0.2, 0.25) is 0 Å². The number of aliphatic hydroxyl groups excluding tert-OH is 1. The molecule has 0 bridgehead atoms. The van der Waals surface area contributed by atoms with Crippen molar-refractivity contribution in [1.82, 2.24) is 4.90 Å². The first-order chi connectivity index (χ1) is 9.79. The zero-order valence-corrected chi connectivity index (χ0v) is 11.8. The number of carbonyl (C=O) groups excluding carboxylic acids is 1. The number of carbonyl (C=O) groups is 1. The Hall–Kier alpha value is -1.55. The number of aryl methyl sites for hydroxylation is 1. The van der Waals surface area contributed by atoms with Gasteiger partial charge in [-0.3, -0.25) is 4.79 Å². The molecule has 0 atom stereocenters. The lowest BCUT2D eigenvalue weighted by atomic mass is 9.90. The van der Waals surface area contributed by atoms with Gasteiger partial charge in [0.25, 0.3) is 5.91 Å². The highest BCUT2D eigenvalue weighted by atomic mass is 16.3. The van der Waals surface area contributed by atoms with Crippen molar-refractivity contribution in [1.29, 1.82) is 0 Å². The van der Waals surface area contributed by atoms with E-state index in [0.717, 1.165) is 43.5 Å². The van der Waals surface area contributed by atoms with E-state index in [1.54, 1.807) is 0 Å². The highest BCUT2D eigenvalue weighted by Gasteiger charge is 2.29. The van der Waals surface area contributed by atoms with Gasteiger partial charge in [-0.25, -0.2) is 0 Å². The second-order valence-electron chi connectivity index (χ2n) is 5.71. The zero-order valence-electron chi connectivity index (χ0n) is 11.8. The smallest absolute Gasteiger partial charge is 0.254 e. The second-order valence-corrected chi connectivity index (χ2v) is 5.71. The molecule has 4 nitrogen and oxygen atoms in total. The molecule has 0 unspecified atom stereocenters. The molecule has 1 aliphatic heterocycles. The summed E-state index contributed by atoms with van der Waals surface area (Å²) in [6.07, 6.45) is 5.48. The molecule has 2 N–H and O–H groups in total. The first kappa shape index (κ1) is 13.4. The number of hydrogen-bond donors (Lipinski definition) is 2. The van der Waals surface area contributed by atoms with Crippen LogP contribution in [0, 0.1) is 0 Å². The quantitative estimate of drug-likeness (QED) is 0.883. The van der Waals surface area contributed by atoms with Crippen LogP contribution >= 0.6 is 0 Å². The number of aliphatic hydroxyl groups is 1. The highest BCUT2D eigenvalue weighted by Crippen LogP contribution is 2.28. The molecule has 1 aliphatic carbocycles. The van der Waals surface area contributed by atoms with Gasteiger partial charge < -0.3 is 15.3 Å². The maximum atomic E-state index is 12.6. The van der Waals surface area contributed by atoms with Crippen molar-refractivity contribution in [2.45, 2.75) is 38.1 Å². The van der Waals surface area contributed by atoms with E-state index in [-0.39, 0.29) is 12.5 Å². The highest BCUT2D eigenvalue weighted by molar-refractivity contribution is 5.95. The number of rotatable bonds is 4. The molecule has 1 aromatic carbocycles. The summed E-state index contributed by atoms with van der Waals surface area (Å²) in [5, 5.41) is 12.6. The van der Waals surface area contributed by atoms with Gasteiger partial charge in [-0.05, 0) is 55.9 Å². The van der Waals surface area contributed by atoms with Crippen molar-refractivity contribution >= 4 is 11.6 Å². The molecule has 1 amide bonds. The molecular formula is C16H22N2O2. The Morgan fingerprint density at radius 2 is 2.20 bits per heavy atom. The van der Waals surface area contributed by atoms with Gasteiger partial charge in [0.15, 0.2) is 0 Å². The number of nitrogens with one attached hydrogen (secondary N) is 1. The topological polar surface area (TPSA) is 52.6 Å². The van der Waals surface area contributed by atoms with Gasteiger partial charge in [0.1, 0.15) is 0 Å². The Morgan fingerprint density at radius 1 is 1.35 bits per heavy atom. The number of hydrogen-bond acceptors (Lipinski definition) is 3. The molecule has 1 aromatic rings. The standard InChI is InChI=1S/C16H22N2O2/c19-10-9-18(14-4-1-5-14)16(20)13-6-7-15-12(11-13)3-2-8-17-15/h6-7,11,14,17,19H,1-5,8-10H2. The van der Waals surface area contributed by atoms with Crippen molar-refractivity contribution in [3.63, 3.8) is 0 Å². The van der Waals surface area contributed by atoms with Crippen molar-refractivity contribution in [2.75, 3.05) is 25.0 Å². The van der Waals surface area contributed by atoms with Crippen LogP contribution in [-0.4, -0.2) is 41.7 Å². The van der Waals surface area contributed by atoms with Gasteiger partial charge in [-0.15, -0.1) is 0 Å². The van der Waals surface area contributed by atoms with E-state index < -0.39 is 0 Å². The molecule has 0 aromatic heterocycles. The number of fused-ring (bicyclic) bond motifs is 1. The third-order valence-electron chi connectivity index (χ3n) is 4.41. The Balaban J connectivity index is 1.81. The van der Waals surface area contributed by atoms with Crippen molar-refractivity contribution in [3.8, 4) is 0 Å². The Labute approximate surface area is 119 Å². The summed E-state index contributed by atoms with van der Waals surface area (Å²) < 4.78 is 0. The minimum atomic E-state index is 0.0364. The van der Waals surface area contributed by atoms with Crippen LogP contribution in [0.1, 0.15) is 41.6 Å². The fraction of sp³-hybridized carbons (Fsp3) is 0.562. The third kappa shape index (κ3) is 2.52. The van der Waals surface area contributed by atoms with E-state index in [1.807, 2.05) is 23.1 Å². The summed E-state index contributed by atoms with van der Waals surface area (Å²) in [6.45, 7) is 1.49. The van der Waals surface area contributed by atoms with Crippen LogP contribution in [0.15, 0.2) is 18.2 Å². The molecule has 20 heavy (non-hydrogen) atoms. The number of anilines is 1. The Morgan fingerprint density at radius 3 is 2.90 bits per heavy atom. The minimum absolute atomic E-state index is 0.0364. The first-order valence-corrected chi connectivity index (χ1v) is 7.58. The predicted molar refractivity (Wildman–Crippen MR) is 79.0 cm³/mol. The molecule has 0 spiro atoms. The average molecular weight is 274 g/mol. The lowest BCUT2D eigenvalue weighted by molar-refractivity contribution is 0.0525. The molecule has 1 heterocycles. The van der Waals surface area contributed by atoms with Crippen molar-refractivity contribution in [2.24, 2.45) is 0 Å². The van der Waals surface area contributed by atoms with Gasteiger partial charge >= 0.3 is 0 Å². The summed E-state index contributed by atoms with van der Waals surface area (Å²) in [7, 11) is 0. The van der Waals surface area contributed by atoms with Crippen LogP contribution < -0.4 is 5.32 Å². The maximum absolute atomic E-state index is 12.6. The molecule has 3 rings (SSSR count). The van der Waals surface area contributed by atoms with E-state index in [1.165, 1.54) is 12.0 Å². The molecule has 2 aliphatic rings. The Bertz CT molecular complexity index is 497. The zero-order chi connectivity index (χ0) is 13.9. The van der Waals surface area contributed by atoms with Crippen LogP contribution in [0.2, 0.25) is 0 Å². The van der Waals surface area contributed by atoms with E-state index in [4.69, 9.17) is 0 Å². The van der Waals surface area contributed by atoms with Crippen LogP contribution in [0.4, 0.5) is 5.69 Å². The van der Waals surface area contributed by atoms with Crippen LogP contribution in [0.3, 0.4) is 0 Å². The van der Waals surface area contributed by atoms with Gasteiger partial charge in [-0.1, -0.05) is 0 Å². The molecule has 4 heteroatoms. The Kier molecular flexibility index (Phi) is 3.92. The lowest BCUT2D eigenvalue weighted by Gasteiger charge is -2.37. The molecule has 1 fully saturated rings. The van der Waals surface area contributed by atoms with Gasteiger partial charge in [-0.2, -0.15) is 0 Å². The second kappa shape index (κ2) is 5.83. The molecular weight excluding hydrogens is 252 g/mol. The SMILES string of the molecule is O=C(c1ccc2c(c1)CCCN2)N(CCO)C1CCC1. The van der Waals surface area contributed by atoms with Crippen LogP contribution in [-0.2, 0) is 6.42 Å². The summed E-state index contributed by atoms with van der Waals surface area (Å²) in [5.41, 5.74) is 3.15. The van der Waals surface area contributed by atoms with E-state index in [0.29, 0.717) is 12.6 Å². The molecule has 0 saturated heterocycles. The van der Waals surface area contributed by atoms with Crippen LogP contribution in [0.25, 0.3) is 0 Å². The normalized spacial score (nSPS) is 17.9. The summed E-state index contributed by atoms with van der Waals surface area (Å²) in [4.78, 5) is 14.5. The summed E-state index contributed by atoms with van der Waals surface area (Å²) in [6, 6.07) is 6.26. The van der Waals surface area contributed by atoms with Crippen LogP contribution in [0.5, 0.6) is 0 Å². The average Bonchev–Trinajstić information content (AvgIpc) is 2.43. The summed E-state index contributed by atoms with van der Waals surface area (Å²) in [5.74, 6) is 0.0668. The molecule has 1 saturated carbocycles. The first-order valence-electron chi connectivity index (χ1n) is 7.58. The van der Waals surface area contributed by atoms with E-state index in [9.17, 15) is 9.90 Å². The van der Waals surface area contributed by atoms with Gasteiger partial charge in [0, 0.05) is 30.4 Å². The monoisotopic (exact) mass is 274 g/mol. The number of amides is 1. The number of nitrogens with zero attached hydrogens (tertiary/aromatic N) is 1. The molecule has 108 valence electrons. The maximum Gasteiger partial charge on any atom is 0.254 e.